The Bertz CT molecular complexity index is 1450. The lowest BCUT2D eigenvalue weighted by atomic mass is 9.94. The standard InChI is InChI=1S/C30H28N2O6/c1-18(2)38-30(36)21-10-7-11-22(16-21)32-26(19-8-5-4-6-9-19)25(28(34)29(32)35)27(33)20-12-13-24-23(17-20)31(3)14-15-37-24/h4-13,16-18,26,33H,14-15H2,1-3H3/b27-25-. The summed E-state index contributed by atoms with van der Waals surface area (Å²) in [4.78, 5) is 42.8. The van der Waals surface area contributed by atoms with Crippen LogP contribution in [0.25, 0.3) is 5.76 Å². The Hall–Kier alpha value is -4.59. The third kappa shape index (κ3) is 4.49. The fourth-order valence-electron chi connectivity index (χ4n) is 4.77. The number of anilines is 2. The summed E-state index contributed by atoms with van der Waals surface area (Å²) in [5.41, 5.74) is 2.38. The average molecular weight is 513 g/mol. The van der Waals surface area contributed by atoms with E-state index in [0.717, 1.165) is 5.69 Å². The zero-order valence-electron chi connectivity index (χ0n) is 21.4. The molecule has 0 bridgehead atoms. The van der Waals surface area contributed by atoms with Gasteiger partial charge in [0.15, 0.2) is 0 Å². The molecule has 8 heteroatoms. The maximum Gasteiger partial charge on any atom is 0.338 e. The predicted molar refractivity (Wildman–Crippen MR) is 143 cm³/mol. The number of ether oxygens (including phenoxy) is 2. The van der Waals surface area contributed by atoms with E-state index in [2.05, 4.69) is 0 Å². The van der Waals surface area contributed by atoms with Crippen molar-refractivity contribution < 1.29 is 29.0 Å². The minimum absolute atomic E-state index is 0.0318. The van der Waals surface area contributed by atoms with E-state index in [9.17, 15) is 19.5 Å². The van der Waals surface area contributed by atoms with Crippen molar-refractivity contribution in [3.63, 3.8) is 0 Å². The van der Waals surface area contributed by atoms with Crippen molar-refractivity contribution in [2.75, 3.05) is 30.0 Å². The van der Waals surface area contributed by atoms with Gasteiger partial charge in [0.1, 0.15) is 18.1 Å². The molecule has 0 aliphatic carbocycles. The van der Waals surface area contributed by atoms with Crippen LogP contribution in [0.1, 0.15) is 41.4 Å². The second-order valence-corrected chi connectivity index (χ2v) is 9.54. The molecule has 1 saturated heterocycles. The number of benzene rings is 3. The smallest absolute Gasteiger partial charge is 0.338 e. The van der Waals surface area contributed by atoms with Gasteiger partial charge in [0, 0.05) is 18.3 Å². The summed E-state index contributed by atoms with van der Waals surface area (Å²) in [5.74, 6) is -1.74. The normalized spacial score (nSPS) is 18.4. The second-order valence-electron chi connectivity index (χ2n) is 9.54. The van der Waals surface area contributed by atoms with E-state index >= 15 is 0 Å². The topological polar surface area (TPSA) is 96.4 Å². The van der Waals surface area contributed by atoms with Gasteiger partial charge in [0.2, 0.25) is 0 Å². The summed E-state index contributed by atoms with van der Waals surface area (Å²) in [5, 5.41) is 11.5. The second kappa shape index (κ2) is 10.0. The molecule has 3 aromatic carbocycles. The maximum absolute atomic E-state index is 13.5. The molecule has 1 amide bonds. The van der Waals surface area contributed by atoms with E-state index in [1.165, 1.54) is 11.0 Å². The van der Waals surface area contributed by atoms with Crippen molar-refractivity contribution in [1.29, 1.82) is 0 Å². The van der Waals surface area contributed by atoms with Gasteiger partial charge in [-0.25, -0.2) is 4.79 Å². The van der Waals surface area contributed by atoms with E-state index in [-0.39, 0.29) is 23.0 Å². The van der Waals surface area contributed by atoms with Crippen molar-refractivity contribution in [2.45, 2.75) is 26.0 Å². The van der Waals surface area contributed by atoms with E-state index in [4.69, 9.17) is 9.47 Å². The fraction of sp³-hybridized carbons (Fsp3) is 0.233. The van der Waals surface area contributed by atoms with Crippen molar-refractivity contribution in [3.05, 3.63) is 95.1 Å². The molecule has 1 N–H and O–H groups in total. The van der Waals surface area contributed by atoms with E-state index in [1.807, 2.05) is 18.0 Å². The molecule has 3 aromatic rings. The molecule has 5 rings (SSSR count). The van der Waals surface area contributed by atoms with Crippen LogP contribution in [-0.2, 0) is 14.3 Å². The van der Waals surface area contributed by atoms with Crippen molar-refractivity contribution >= 4 is 34.8 Å². The first-order valence-electron chi connectivity index (χ1n) is 12.4. The van der Waals surface area contributed by atoms with Crippen LogP contribution in [0.5, 0.6) is 5.75 Å². The number of carbonyl (C=O) groups is 3. The van der Waals surface area contributed by atoms with Gasteiger partial charge in [-0.15, -0.1) is 0 Å². The summed E-state index contributed by atoms with van der Waals surface area (Å²) in [6, 6.07) is 19.7. The molecule has 0 saturated carbocycles. The van der Waals surface area contributed by atoms with Crippen LogP contribution >= 0.6 is 0 Å². The first-order valence-corrected chi connectivity index (χ1v) is 12.4. The highest BCUT2D eigenvalue weighted by Crippen LogP contribution is 2.43. The molecule has 0 aromatic heterocycles. The lowest BCUT2D eigenvalue weighted by Gasteiger charge is -2.28. The zero-order chi connectivity index (χ0) is 27.0. The first kappa shape index (κ1) is 25.1. The molecule has 8 nitrogen and oxygen atoms in total. The number of hydrogen-bond acceptors (Lipinski definition) is 7. The Morgan fingerprint density at radius 3 is 2.50 bits per heavy atom. The zero-order valence-corrected chi connectivity index (χ0v) is 21.4. The van der Waals surface area contributed by atoms with Crippen LogP contribution in [-0.4, -0.2) is 49.1 Å². The molecule has 0 spiro atoms. The van der Waals surface area contributed by atoms with Crippen LogP contribution in [0.15, 0.2) is 78.4 Å². The minimum Gasteiger partial charge on any atom is -0.507 e. The van der Waals surface area contributed by atoms with Crippen LogP contribution < -0.4 is 14.5 Å². The number of nitrogens with zero attached hydrogens (tertiary/aromatic N) is 2. The largest absolute Gasteiger partial charge is 0.507 e. The Morgan fingerprint density at radius 2 is 1.76 bits per heavy atom. The Kier molecular flexibility index (Phi) is 6.63. The number of esters is 1. The lowest BCUT2D eigenvalue weighted by molar-refractivity contribution is -0.132. The first-order chi connectivity index (χ1) is 18.3. The molecule has 38 heavy (non-hydrogen) atoms. The van der Waals surface area contributed by atoms with Crippen molar-refractivity contribution in [2.24, 2.45) is 0 Å². The fourth-order valence-corrected chi connectivity index (χ4v) is 4.77. The van der Waals surface area contributed by atoms with Gasteiger partial charge in [0.25, 0.3) is 11.7 Å². The van der Waals surface area contributed by atoms with Gasteiger partial charge in [-0.2, -0.15) is 0 Å². The number of aliphatic hydroxyl groups excluding tert-OH is 1. The predicted octanol–water partition coefficient (Wildman–Crippen LogP) is 4.71. The summed E-state index contributed by atoms with van der Waals surface area (Å²) in [6.45, 7) is 4.74. The molecule has 2 aliphatic heterocycles. The SMILES string of the molecule is CC(C)OC(=O)c1cccc(N2C(=O)C(=O)/C(=C(\O)c3ccc4c(c3)N(C)CCO4)C2c2ccccc2)c1. The van der Waals surface area contributed by atoms with E-state index in [0.29, 0.717) is 35.7 Å². The van der Waals surface area contributed by atoms with Gasteiger partial charge >= 0.3 is 5.97 Å². The van der Waals surface area contributed by atoms with E-state index < -0.39 is 23.7 Å². The monoisotopic (exact) mass is 512 g/mol. The number of amides is 1. The molecule has 0 radical (unpaired) electrons. The van der Waals surface area contributed by atoms with Crippen LogP contribution in [0.4, 0.5) is 11.4 Å². The summed E-state index contributed by atoms with van der Waals surface area (Å²) in [6.07, 6.45) is -0.314. The van der Waals surface area contributed by atoms with Crippen LogP contribution in [0.2, 0.25) is 0 Å². The van der Waals surface area contributed by atoms with E-state index in [1.54, 1.807) is 74.5 Å². The Morgan fingerprint density at radius 1 is 1.00 bits per heavy atom. The highest BCUT2D eigenvalue weighted by atomic mass is 16.5. The molecule has 1 fully saturated rings. The summed E-state index contributed by atoms with van der Waals surface area (Å²) < 4.78 is 11.0. The van der Waals surface area contributed by atoms with Gasteiger partial charge in [-0.3, -0.25) is 14.5 Å². The molecular formula is C30H28N2O6. The Labute approximate surface area is 220 Å². The average Bonchev–Trinajstić information content (AvgIpc) is 3.18. The number of fused-ring (bicyclic) bond motifs is 1. The number of Topliss-reactive ketones (excluding diaryl/α,β-unsaturated/α-hetero) is 1. The molecular weight excluding hydrogens is 484 g/mol. The van der Waals surface area contributed by atoms with Crippen LogP contribution in [0, 0.1) is 0 Å². The Balaban J connectivity index is 1.64. The molecule has 2 heterocycles. The summed E-state index contributed by atoms with van der Waals surface area (Å²) >= 11 is 0. The quantitative estimate of drug-likeness (QED) is 0.229. The third-order valence-corrected chi connectivity index (χ3v) is 6.59. The molecule has 1 atom stereocenters. The number of carbonyl (C=O) groups excluding carboxylic acids is 3. The third-order valence-electron chi connectivity index (χ3n) is 6.59. The number of likely N-dealkylation sites (N-methyl/N-ethyl adjacent to an activating group) is 1. The molecule has 1 unspecified atom stereocenters. The number of hydrogen-bond donors (Lipinski definition) is 1. The highest BCUT2D eigenvalue weighted by molar-refractivity contribution is 6.51. The number of ketones is 1. The van der Waals surface area contributed by atoms with Gasteiger partial charge in [0.05, 0.1) is 35.5 Å². The maximum atomic E-state index is 13.5. The van der Waals surface area contributed by atoms with Crippen molar-refractivity contribution in [3.8, 4) is 5.75 Å². The van der Waals surface area contributed by atoms with Gasteiger partial charge in [-0.05, 0) is 55.8 Å². The summed E-state index contributed by atoms with van der Waals surface area (Å²) in [7, 11) is 1.92. The lowest BCUT2D eigenvalue weighted by Crippen LogP contribution is -2.29. The molecule has 194 valence electrons. The molecule has 2 aliphatic rings. The van der Waals surface area contributed by atoms with Crippen molar-refractivity contribution in [1.82, 2.24) is 0 Å². The van der Waals surface area contributed by atoms with Crippen LogP contribution in [0.3, 0.4) is 0 Å². The minimum atomic E-state index is -0.905. The number of aliphatic hydroxyl groups is 1. The highest BCUT2D eigenvalue weighted by Gasteiger charge is 2.47. The van der Waals surface area contributed by atoms with Gasteiger partial charge < -0.3 is 19.5 Å². The number of rotatable bonds is 5. The van der Waals surface area contributed by atoms with Gasteiger partial charge in [-0.1, -0.05) is 36.4 Å².